The zero-order valence-corrected chi connectivity index (χ0v) is 12.2. The Kier molecular flexibility index (Phi) is 5.01. The van der Waals surface area contributed by atoms with Gasteiger partial charge in [-0.2, -0.15) is 0 Å². The fraction of sp³-hybridized carbons (Fsp3) is 0.571. The second-order valence-corrected chi connectivity index (χ2v) is 5.64. The van der Waals surface area contributed by atoms with E-state index < -0.39 is 6.17 Å². The van der Waals surface area contributed by atoms with Crippen LogP contribution < -0.4 is 10.1 Å². The fourth-order valence-corrected chi connectivity index (χ4v) is 2.81. The van der Waals surface area contributed by atoms with Gasteiger partial charge in [0.15, 0.2) is 0 Å². The lowest BCUT2D eigenvalue weighted by Gasteiger charge is -2.26. The van der Waals surface area contributed by atoms with Crippen LogP contribution in [0.1, 0.15) is 18.4 Å². The lowest BCUT2D eigenvalue weighted by Crippen LogP contribution is -2.35. The summed E-state index contributed by atoms with van der Waals surface area (Å²) in [6, 6.07) is 5.70. The monoisotopic (exact) mass is 315 g/mol. The molecule has 4 heteroatoms. The van der Waals surface area contributed by atoms with Gasteiger partial charge >= 0.3 is 0 Å². The van der Waals surface area contributed by atoms with Crippen molar-refractivity contribution in [3.63, 3.8) is 0 Å². The molecule has 18 heavy (non-hydrogen) atoms. The maximum Gasteiger partial charge on any atom is 0.119 e. The highest BCUT2D eigenvalue weighted by Gasteiger charge is 2.24. The molecule has 2 unspecified atom stereocenters. The van der Waals surface area contributed by atoms with Crippen molar-refractivity contribution in [3.8, 4) is 5.75 Å². The molecule has 0 spiro atoms. The molecule has 1 heterocycles. The SMILES string of the molecule is COc1ccc(Br)c(CC(F)C2CCCNC2)c1. The van der Waals surface area contributed by atoms with Crippen LogP contribution in [-0.4, -0.2) is 26.4 Å². The molecule has 2 atom stereocenters. The Morgan fingerprint density at radius 1 is 1.56 bits per heavy atom. The third-order valence-electron chi connectivity index (χ3n) is 3.51. The molecule has 1 saturated heterocycles. The molecule has 1 aromatic rings. The van der Waals surface area contributed by atoms with E-state index in [2.05, 4.69) is 21.2 Å². The van der Waals surface area contributed by atoms with E-state index in [1.54, 1.807) is 7.11 Å². The maximum atomic E-state index is 14.3. The molecular weight excluding hydrogens is 297 g/mol. The van der Waals surface area contributed by atoms with Gasteiger partial charge in [0.05, 0.1) is 7.11 Å². The molecule has 0 radical (unpaired) electrons. The standard InChI is InChI=1S/C14H19BrFNO/c1-18-12-4-5-13(15)11(7-12)8-14(16)10-3-2-6-17-9-10/h4-5,7,10,14,17H,2-3,6,8-9H2,1H3. The van der Waals surface area contributed by atoms with Crippen molar-refractivity contribution in [2.45, 2.75) is 25.4 Å². The van der Waals surface area contributed by atoms with Crippen molar-refractivity contribution in [1.29, 1.82) is 0 Å². The summed E-state index contributed by atoms with van der Waals surface area (Å²) in [7, 11) is 1.63. The molecule has 0 aromatic heterocycles. The smallest absolute Gasteiger partial charge is 0.119 e. The molecule has 1 aromatic carbocycles. The van der Waals surface area contributed by atoms with Crippen LogP contribution in [0.4, 0.5) is 4.39 Å². The van der Waals surface area contributed by atoms with Gasteiger partial charge < -0.3 is 10.1 Å². The number of nitrogens with one attached hydrogen (secondary N) is 1. The number of ether oxygens (including phenoxy) is 1. The van der Waals surface area contributed by atoms with Gasteiger partial charge in [0, 0.05) is 23.4 Å². The van der Waals surface area contributed by atoms with Crippen molar-refractivity contribution in [2.24, 2.45) is 5.92 Å². The van der Waals surface area contributed by atoms with Crippen LogP contribution >= 0.6 is 15.9 Å². The molecule has 1 fully saturated rings. The first-order valence-corrected chi connectivity index (χ1v) is 7.17. The van der Waals surface area contributed by atoms with Crippen LogP contribution in [0.25, 0.3) is 0 Å². The minimum Gasteiger partial charge on any atom is -0.497 e. The average Bonchev–Trinajstić information content (AvgIpc) is 2.42. The lowest BCUT2D eigenvalue weighted by atomic mass is 9.91. The Bertz CT molecular complexity index is 393. The van der Waals surface area contributed by atoms with Crippen molar-refractivity contribution in [3.05, 3.63) is 28.2 Å². The highest BCUT2D eigenvalue weighted by Crippen LogP contribution is 2.27. The summed E-state index contributed by atoms with van der Waals surface area (Å²) >= 11 is 3.47. The third kappa shape index (κ3) is 3.45. The number of benzene rings is 1. The number of halogens is 2. The summed E-state index contributed by atoms with van der Waals surface area (Å²) in [6.45, 7) is 1.81. The van der Waals surface area contributed by atoms with E-state index in [9.17, 15) is 4.39 Å². The summed E-state index contributed by atoms with van der Waals surface area (Å²) in [6.07, 6.45) is 1.71. The van der Waals surface area contributed by atoms with Gasteiger partial charge in [0.2, 0.25) is 0 Å². The minimum atomic E-state index is -0.791. The van der Waals surface area contributed by atoms with Crippen LogP contribution in [0, 0.1) is 5.92 Å². The second-order valence-electron chi connectivity index (χ2n) is 4.78. The van der Waals surface area contributed by atoms with Crippen LogP contribution in [0.2, 0.25) is 0 Å². The summed E-state index contributed by atoms with van der Waals surface area (Å²) in [5, 5.41) is 3.26. The number of rotatable bonds is 4. The summed E-state index contributed by atoms with van der Waals surface area (Å²) < 4.78 is 20.4. The number of alkyl halides is 1. The highest BCUT2D eigenvalue weighted by atomic mass is 79.9. The predicted molar refractivity (Wildman–Crippen MR) is 74.9 cm³/mol. The highest BCUT2D eigenvalue weighted by molar-refractivity contribution is 9.10. The van der Waals surface area contributed by atoms with E-state index in [4.69, 9.17) is 4.74 Å². The molecule has 0 bridgehead atoms. The maximum absolute atomic E-state index is 14.3. The molecule has 2 nitrogen and oxygen atoms in total. The first-order valence-electron chi connectivity index (χ1n) is 6.38. The van der Waals surface area contributed by atoms with Crippen molar-refractivity contribution < 1.29 is 9.13 Å². The molecule has 0 aliphatic carbocycles. The lowest BCUT2D eigenvalue weighted by molar-refractivity contribution is 0.191. The molecule has 1 N–H and O–H groups in total. The number of hydrogen-bond donors (Lipinski definition) is 1. The van der Waals surface area contributed by atoms with Gasteiger partial charge in [0.25, 0.3) is 0 Å². The van der Waals surface area contributed by atoms with Gasteiger partial charge in [-0.3, -0.25) is 0 Å². The molecular formula is C14H19BrFNO. The molecule has 2 rings (SSSR count). The Labute approximate surface area is 116 Å². The topological polar surface area (TPSA) is 21.3 Å². The zero-order chi connectivity index (χ0) is 13.0. The first-order chi connectivity index (χ1) is 8.70. The van der Waals surface area contributed by atoms with Crippen LogP contribution in [0.5, 0.6) is 5.75 Å². The van der Waals surface area contributed by atoms with E-state index >= 15 is 0 Å². The second kappa shape index (κ2) is 6.53. The average molecular weight is 316 g/mol. The van der Waals surface area contributed by atoms with Gasteiger partial charge in [-0.05, 0) is 43.1 Å². The third-order valence-corrected chi connectivity index (χ3v) is 4.29. The molecule has 0 saturated carbocycles. The number of methoxy groups -OCH3 is 1. The molecule has 100 valence electrons. The van der Waals surface area contributed by atoms with Crippen LogP contribution in [0.15, 0.2) is 22.7 Å². The predicted octanol–water partition coefficient (Wildman–Crippen LogP) is 3.34. The van der Waals surface area contributed by atoms with Crippen molar-refractivity contribution in [2.75, 3.05) is 20.2 Å². The number of piperidine rings is 1. The fourth-order valence-electron chi connectivity index (χ4n) is 2.40. The number of hydrogen-bond acceptors (Lipinski definition) is 2. The summed E-state index contributed by atoms with van der Waals surface area (Å²) in [4.78, 5) is 0. The molecule has 0 amide bonds. The van der Waals surface area contributed by atoms with Gasteiger partial charge in [-0.1, -0.05) is 15.9 Å². The van der Waals surface area contributed by atoms with Crippen LogP contribution in [0.3, 0.4) is 0 Å². The van der Waals surface area contributed by atoms with Crippen LogP contribution in [-0.2, 0) is 6.42 Å². The molecule has 1 aliphatic heterocycles. The normalized spacial score (nSPS) is 21.6. The Hall–Kier alpha value is -0.610. The largest absolute Gasteiger partial charge is 0.497 e. The van der Waals surface area contributed by atoms with Gasteiger partial charge in [-0.15, -0.1) is 0 Å². The Balaban J connectivity index is 2.03. The molecule has 1 aliphatic rings. The van der Waals surface area contributed by atoms with E-state index in [1.807, 2.05) is 18.2 Å². The first kappa shape index (κ1) is 13.8. The summed E-state index contributed by atoms with van der Waals surface area (Å²) in [5.41, 5.74) is 0.979. The quantitative estimate of drug-likeness (QED) is 0.920. The minimum absolute atomic E-state index is 0.136. The Morgan fingerprint density at radius 2 is 2.39 bits per heavy atom. The van der Waals surface area contributed by atoms with E-state index in [-0.39, 0.29) is 5.92 Å². The summed E-state index contributed by atoms with van der Waals surface area (Å²) in [5.74, 6) is 0.916. The Morgan fingerprint density at radius 3 is 3.06 bits per heavy atom. The van der Waals surface area contributed by atoms with E-state index in [0.717, 1.165) is 41.7 Å². The zero-order valence-electron chi connectivity index (χ0n) is 10.6. The van der Waals surface area contributed by atoms with E-state index in [0.29, 0.717) is 6.42 Å². The van der Waals surface area contributed by atoms with Gasteiger partial charge in [0.1, 0.15) is 11.9 Å². The van der Waals surface area contributed by atoms with Crippen molar-refractivity contribution in [1.82, 2.24) is 5.32 Å². The van der Waals surface area contributed by atoms with Gasteiger partial charge in [-0.25, -0.2) is 4.39 Å². The van der Waals surface area contributed by atoms with Crippen molar-refractivity contribution >= 4 is 15.9 Å². The van der Waals surface area contributed by atoms with E-state index in [1.165, 1.54) is 0 Å².